The summed E-state index contributed by atoms with van der Waals surface area (Å²) in [5.41, 5.74) is 0.816. The smallest absolute Gasteiger partial charge is 0.167 e. The lowest BCUT2D eigenvalue weighted by Gasteiger charge is -2.32. The maximum atomic E-state index is 13.5. The highest BCUT2D eigenvalue weighted by Gasteiger charge is 2.17. The summed E-state index contributed by atoms with van der Waals surface area (Å²) in [6.07, 6.45) is 5.01. The standard InChI is InChI=1S/C15H23FN2O/c1-18-10-4-3-5-13(18)8-9-17-12-6-7-15(19-2)14(16)11-12/h6-7,11,13,17H,3-5,8-10H2,1-2H3. The van der Waals surface area contributed by atoms with Crippen molar-refractivity contribution in [3.8, 4) is 5.75 Å². The number of methoxy groups -OCH3 is 1. The molecule has 0 aromatic heterocycles. The summed E-state index contributed by atoms with van der Waals surface area (Å²) in [5.74, 6) is -0.0279. The van der Waals surface area contributed by atoms with Crippen molar-refractivity contribution >= 4 is 5.69 Å². The van der Waals surface area contributed by atoms with Crippen LogP contribution in [0.1, 0.15) is 25.7 Å². The molecular formula is C15H23FN2O. The molecule has 1 aromatic rings. The van der Waals surface area contributed by atoms with Crippen molar-refractivity contribution in [3.05, 3.63) is 24.0 Å². The lowest BCUT2D eigenvalue weighted by atomic mass is 10.0. The monoisotopic (exact) mass is 266 g/mol. The van der Waals surface area contributed by atoms with Crippen LogP contribution in [-0.4, -0.2) is 38.2 Å². The van der Waals surface area contributed by atoms with Gasteiger partial charge in [-0.2, -0.15) is 0 Å². The third kappa shape index (κ3) is 3.83. The number of nitrogens with zero attached hydrogens (tertiary/aromatic N) is 1. The number of piperidine rings is 1. The van der Waals surface area contributed by atoms with Gasteiger partial charge in [-0.25, -0.2) is 4.39 Å². The molecule has 0 radical (unpaired) electrons. The molecule has 1 aromatic carbocycles. The number of rotatable bonds is 5. The van der Waals surface area contributed by atoms with Crippen molar-refractivity contribution in [2.45, 2.75) is 31.7 Å². The third-order valence-electron chi connectivity index (χ3n) is 3.88. The molecule has 1 aliphatic rings. The molecule has 1 fully saturated rings. The Hall–Kier alpha value is -1.29. The van der Waals surface area contributed by atoms with Crippen molar-refractivity contribution in [1.82, 2.24) is 4.90 Å². The molecule has 0 amide bonds. The largest absolute Gasteiger partial charge is 0.494 e. The fourth-order valence-electron chi connectivity index (χ4n) is 2.67. The Morgan fingerprint density at radius 2 is 2.26 bits per heavy atom. The summed E-state index contributed by atoms with van der Waals surface area (Å²) in [5, 5.41) is 3.28. The number of benzene rings is 1. The Kier molecular flexibility index (Phi) is 5.02. The second-order valence-corrected chi connectivity index (χ2v) is 5.19. The molecule has 19 heavy (non-hydrogen) atoms. The van der Waals surface area contributed by atoms with Crippen LogP contribution in [0.25, 0.3) is 0 Å². The molecule has 4 heteroatoms. The van der Waals surface area contributed by atoms with Crippen LogP contribution in [0.4, 0.5) is 10.1 Å². The van der Waals surface area contributed by atoms with Crippen LogP contribution in [0.3, 0.4) is 0 Å². The summed E-state index contributed by atoms with van der Waals surface area (Å²) < 4.78 is 18.4. The average Bonchev–Trinajstić information content (AvgIpc) is 2.41. The van der Waals surface area contributed by atoms with Gasteiger partial charge in [-0.1, -0.05) is 6.42 Å². The number of hydrogen-bond donors (Lipinski definition) is 1. The van der Waals surface area contributed by atoms with Gasteiger partial charge in [-0.3, -0.25) is 0 Å². The van der Waals surface area contributed by atoms with E-state index < -0.39 is 0 Å². The van der Waals surface area contributed by atoms with E-state index in [1.54, 1.807) is 6.07 Å². The minimum atomic E-state index is -0.317. The molecule has 0 spiro atoms. The first kappa shape index (κ1) is 14.1. The molecular weight excluding hydrogens is 243 g/mol. The van der Waals surface area contributed by atoms with Crippen molar-refractivity contribution < 1.29 is 9.13 Å². The number of halogens is 1. The van der Waals surface area contributed by atoms with Crippen molar-refractivity contribution in [2.75, 3.05) is 32.6 Å². The van der Waals surface area contributed by atoms with E-state index in [4.69, 9.17) is 4.74 Å². The maximum Gasteiger partial charge on any atom is 0.167 e. The van der Waals surface area contributed by atoms with E-state index in [0.29, 0.717) is 6.04 Å². The highest BCUT2D eigenvalue weighted by atomic mass is 19.1. The second-order valence-electron chi connectivity index (χ2n) is 5.19. The second kappa shape index (κ2) is 6.75. The Bertz CT molecular complexity index is 411. The summed E-state index contributed by atoms with van der Waals surface area (Å²) in [6.45, 7) is 2.07. The predicted molar refractivity (Wildman–Crippen MR) is 76.3 cm³/mol. The molecule has 0 saturated carbocycles. The fourth-order valence-corrected chi connectivity index (χ4v) is 2.67. The van der Waals surface area contributed by atoms with Crippen LogP contribution in [0.5, 0.6) is 5.75 Å². The molecule has 0 bridgehead atoms. The van der Waals surface area contributed by atoms with Gasteiger partial charge in [0.1, 0.15) is 0 Å². The number of hydrogen-bond acceptors (Lipinski definition) is 3. The molecule has 1 heterocycles. The Morgan fingerprint density at radius 1 is 1.42 bits per heavy atom. The summed E-state index contributed by atoms with van der Waals surface area (Å²) in [6, 6.07) is 5.66. The van der Waals surface area contributed by atoms with Crippen LogP contribution < -0.4 is 10.1 Å². The van der Waals surface area contributed by atoms with Gasteiger partial charge in [0.15, 0.2) is 11.6 Å². The molecule has 1 saturated heterocycles. The fraction of sp³-hybridized carbons (Fsp3) is 0.600. The van der Waals surface area contributed by atoms with E-state index >= 15 is 0 Å². The summed E-state index contributed by atoms with van der Waals surface area (Å²) in [7, 11) is 3.67. The van der Waals surface area contributed by atoms with Crippen LogP contribution in [0.2, 0.25) is 0 Å². The van der Waals surface area contributed by atoms with Crippen LogP contribution in [0.15, 0.2) is 18.2 Å². The van der Waals surface area contributed by atoms with Gasteiger partial charge < -0.3 is 15.0 Å². The van der Waals surface area contributed by atoms with E-state index in [-0.39, 0.29) is 11.6 Å². The molecule has 0 aliphatic carbocycles. The summed E-state index contributed by atoms with van der Waals surface area (Å²) in [4.78, 5) is 2.43. The molecule has 3 nitrogen and oxygen atoms in total. The minimum Gasteiger partial charge on any atom is -0.494 e. The van der Waals surface area contributed by atoms with Crippen molar-refractivity contribution in [2.24, 2.45) is 0 Å². The van der Waals surface area contributed by atoms with E-state index in [1.165, 1.54) is 39.0 Å². The highest BCUT2D eigenvalue weighted by Crippen LogP contribution is 2.21. The molecule has 2 rings (SSSR count). The molecule has 1 aliphatic heterocycles. The van der Waals surface area contributed by atoms with Gasteiger partial charge in [0, 0.05) is 24.3 Å². The summed E-state index contributed by atoms with van der Waals surface area (Å²) >= 11 is 0. The van der Waals surface area contributed by atoms with Gasteiger partial charge in [0.05, 0.1) is 7.11 Å². The van der Waals surface area contributed by atoms with Crippen LogP contribution >= 0.6 is 0 Å². The number of likely N-dealkylation sites (tertiary alicyclic amines) is 1. The van der Waals surface area contributed by atoms with E-state index in [0.717, 1.165) is 18.7 Å². The van der Waals surface area contributed by atoms with Crippen LogP contribution in [0, 0.1) is 5.82 Å². The van der Waals surface area contributed by atoms with E-state index in [9.17, 15) is 4.39 Å². The third-order valence-corrected chi connectivity index (χ3v) is 3.88. The first-order chi connectivity index (χ1) is 9.20. The molecule has 1 atom stereocenters. The van der Waals surface area contributed by atoms with E-state index in [2.05, 4.69) is 17.3 Å². The van der Waals surface area contributed by atoms with Crippen LogP contribution in [-0.2, 0) is 0 Å². The normalized spacial score (nSPS) is 20.3. The molecule has 106 valence electrons. The SMILES string of the molecule is COc1ccc(NCCC2CCCCN2C)cc1F. The predicted octanol–water partition coefficient (Wildman–Crippen LogP) is 3.12. The topological polar surface area (TPSA) is 24.5 Å². The highest BCUT2D eigenvalue weighted by molar-refractivity contribution is 5.47. The van der Waals surface area contributed by atoms with Gasteiger partial charge in [0.2, 0.25) is 0 Å². The first-order valence-electron chi connectivity index (χ1n) is 6.98. The first-order valence-corrected chi connectivity index (χ1v) is 6.98. The van der Waals surface area contributed by atoms with Gasteiger partial charge in [-0.05, 0) is 45.0 Å². The number of ether oxygens (including phenoxy) is 1. The van der Waals surface area contributed by atoms with Crippen molar-refractivity contribution in [3.63, 3.8) is 0 Å². The average molecular weight is 266 g/mol. The minimum absolute atomic E-state index is 0.289. The zero-order valence-corrected chi connectivity index (χ0v) is 11.8. The zero-order valence-electron chi connectivity index (χ0n) is 11.8. The Balaban J connectivity index is 1.80. The lowest BCUT2D eigenvalue weighted by Crippen LogP contribution is -2.37. The lowest BCUT2D eigenvalue weighted by molar-refractivity contribution is 0.179. The Labute approximate surface area is 114 Å². The number of nitrogens with one attached hydrogen (secondary N) is 1. The molecule has 1 N–H and O–H groups in total. The van der Waals surface area contributed by atoms with E-state index in [1.807, 2.05) is 6.07 Å². The number of anilines is 1. The van der Waals surface area contributed by atoms with Gasteiger partial charge >= 0.3 is 0 Å². The maximum absolute atomic E-state index is 13.5. The van der Waals surface area contributed by atoms with Gasteiger partial charge in [0.25, 0.3) is 0 Å². The Morgan fingerprint density at radius 3 is 2.95 bits per heavy atom. The molecule has 1 unspecified atom stereocenters. The van der Waals surface area contributed by atoms with Gasteiger partial charge in [-0.15, -0.1) is 0 Å². The zero-order chi connectivity index (χ0) is 13.7. The van der Waals surface area contributed by atoms with Crippen molar-refractivity contribution in [1.29, 1.82) is 0 Å². The quantitative estimate of drug-likeness (QED) is 0.886.